The SMILES string of the molecule is OCCC(Cl)c1cccc(Br)c1. The summed E-state index contributed by atoms with van der Waals surface area (Å²) in [5, 5.41) is 8.58. The maximum atomic E-state index is 8.67. The normalized spacial score (nSPS) is 12.9. The highest BCUT2D eigenvalue weighted by Gasteiger charge is 2.06. The van der Waals surface area contributed by atoms with E-state index >= 15 is 0 Å². The number of benzene rings is 1. The summed E-state index contributed by atoms with van der Waals surface area (Å²) < 4.78 is 1.02. The topological polar surface area (TPSA) is 20.2 Å². The number of alkyl halides is 1. The molecule has 0 aromatic heterocycles. The van der Waals surface area contributed by atoms with Crippen LogP contribution in [0.4, 0.5) is 0 Å². The number of aliphatic hydroxyl groups excluding tert-OH is 1. The van der Waals surface area contributed by atoms with E-state index < -0.39 is 0 Å². The van der Waals surface area contributed by atoms with Crippen LogP contribution < -0.4 is 0 Å². The first-order valence-electron chi connectivity index (χ1n) is 3.74. The molecule has 1 rings (SSSR count). The van der Waals surface area contributed by atoms with E-state index in [-0.39, 0.29) is 12.0 Å². The third-order valence-corrected chi connectivity index (χ3v) is 2.56. The van der Waals surface area contributed by atoms with Gasteiger partial charge in [0, 0.05) is 11.1 Å². The van der Waals surface area contributed by atoms with Gasteiger partial charge >= 0.3 is 0 Å². The second-order valence-electron chi connectivity index (χ2n) is 2.53. The smallest absolute Gasteiger partial charge is 0.0607 e. The molecule has 0 radical (unpaired) electrons. The van der Waals surface area contributed by atoms with Gasteiger partial charge in [-0.3, -0.25) is 0 Å². The molecule has 0 bridgehead atoms. The van der Waals surface area contributed by atoms with E-state index in [0.29, 0.717) is 6.42 Å². The van der Waals surface area contributed by atoms with Crippen LogP contribution in [-0.4, -0.2) is 11.7 Å². The Kier molecular flexibility index (Phi) is 4.06. The van der Waals surface area contributed by atoms with Crippen LogP contribution in [0, 0.1) is 0 Å². The van der Waals surface area contributed by atoms with Gasteiger partial charge in [-0.2, -0.15) is 0 Å². The minimum absolute atomic E-state index is 0.0903. The summed E-state index contributed by atoms with van der Waals surface area (Å²) in [6.45, 7) is 0.126. The first kappa shape index (κ1) is 10.0. The molecule has 0 heterocycles. The molecule has 1 aromatic rings. The summed E-state index contributed by atoms with van der Waals surface area (Å²) in [5.74, 6) is 0. The van der Waals surface area contributed by atoms with Crippen LogP contribution in [0.25, 0.3) is 0 Å². The van der Waals surface area contributed by atoms with Crippen LogP contribution in [0.15, 0.2) is 28.7 Å². The standard InChI is InChI=1S/C9H10BrClO/c10-8-3-1-2-7(6-8)9(11)4-5-12/h1-3,6,9,12H,4-5H2. The molecule has 1 N–H and O–H groups in total. The third-order valence-electron chi connectivity index (χ3n) is 1.59. The number of rotatable bonds is 3. The Morgan fingerprint density at radius 1 is 1.50 bits per heavy atom. The fourth-order valence-corrected chi connectivity index (χ4v) is 1.63. The minimum atomic E-state index is -0.0903. The maximum absolute atomic E-state index is 8.67. The molecule has 3 heteroatoms. The molecule has 1 nitrogen and oxygen atoms in total. The van der Waals surface area contributed by atoms with Crippen molar-refractivity contribution in [3.8, 4) is 0 Å². The first-order chi connectivity index (χ1) is 5.74. The van der Waals surface area contributed by atoms with Crippen molar-refractivity contribution in [3.05, 3.63) is 34.3 Å². The lowest BCUT2D eigenvalue weighted by atomic mass is 10.1. The lowest BCUT2D eigenvalue weighted by Crippen LogP contribution is -1.93. The van der Waals surface area contributed by atoms with Crippen LogP contribution in [0.5, 0.6) is 0 Å². The summed E-state index contributed by atoms with van der Waals surface area (Å²) in [7, 11) is 0. The van der Waals surface area contributed by atoms with Crippen molar-refractivity contribution >= 4 is 27.5 Å². The van der Waals surface area contributed by atoms with Crippen molar-refractivity contribution < 1.29 is 5.11 Å². The van der Waals surface area contributed by atoms with E-state index in [1.54, 1.807) is 0 Å². The summed E-state index contributed by atoms with van der Waals surface area (Å²) in [4.78, 5) is 0. The fraction of sp³-hybridized carbons (Fsp3) is 0.333. The Bertz CT molecular complexity index is 252. The Morgan fingerprint density at radius 2 is 2.25 bits per heavy atom. The predicted molar refractivity (Wildman–Crippen MR) is 54.4 cm³/mol. The second-order valence-corrected chi connectivity index (χ2v) is 3.98. The van der Waals surface area contributed by atoms with Gasteiger partial charge in [-0.05, 0) is 24.1 Å². The summed E-state index contributed by atoms with van der Waals surface area (Å²) in [6.07, 6.45) is 0.595. The zero-order chi connectivity index (χ0) is 8.97. The number of aliphatic hydroxyl groups is 1. The molecule has 1 atom stereocenters. The Balaban J connectivity index is 2.73. The first-order valence-corrected chi connectivity index (χ1v) is 4.97. The van der Waals surface area contributed by atoms with Gasteiger partial charge in [0.2, 0.25) is 0 Å². The van der Waals surface area contributed by atoms with Crippen LogP contribution >= 0.6 is 27.5 Å². The van der Waals surface area contributed by atoms with E-state index in [2.05, 4.69) is 15.9 Å². The van der Waals surface area contributed by atoms with Gasteiger partial charge in [-0.15, -0.1) is 11.6 Å². The van der Waals surface area contributed by atoms with Crippen LogP contribution in [0.1, 0.15) is 17.4 Å². The lowest BCUT2D eigenvalue weighted by molar-refractivity contribution is 0.286. The van der Waals surface area contributed by atoms with Crippen molar-refractivity contribution in [2.24, 2.45) is 0 Å². The molecule has 0 spiro atoms. The van der Waals surface area contributed by atoms with Crippen molar-refractivity contribution in [1.82, 2.24) is 0 Å². The van der Waals surface area contributed by atoms with E-state index in [4.69, 9.17) is 16.7 Å². The molecule has 0 aliphatic rings. The number of halogens is 2. The highest BCUT2D eigenvalue weighted by atomic mass is 79.9. The van der Waals surface area contributed by atoms with Crippen molar-refractivity contribution in [2.75, 3.05) is 6.61 Å². The van der Waals surface area contributed by atoms with Gasteiger partial charge in [0.1, 0.15) is 0 Å². The van der Waals surface area contributed by atoms with Crippen molar-refractivity contribution in [2.45, 2.75) is 11.8 Å². The molecule has 66 valence electrons. The average Bonchev–Trinajstić information content (AvgIpc) is 2.05. The molecular formula is C9H10BrClO. The highest BCUT2D eigenvalue weighted by molar-refractivity contribution is 9.10. The molecule has 0 saturated carbocycles. The predicted octanol–water partition coefficient (Wildman–Crippen LogP) is 3.11. The number of hydrogen-bond donors (Lipinski definition) is 1. The summed E-state index contributed by atoms with van der Waals surface area (Å²) in [5.41, 5.74) is 1.04. The maximum Gasteiger partial charge on any atom is 0.0607 e. The van der Waals surface area contributed by atoms with E-state index in [1.165, 1.54) is 0 Å². The van der Waals surface area contributed by atoms with Crippen molar-refractivity contribution in [1.29, 1.82) is 0 Å². The Labute approximate surface area is 85.5 Å². The Morgan fingerprint density at radius 3 is 2.83 bits per heavy atom. The highest BCUT2D eigenvalue weighted by Crippen LogP contribution is 2.25. The Hall–Kier alpha value is -0.0500. The van der Waals surface area contributed by atoms with Gasteiger partial charge in [0.05, 0.1) is 5.38 Å². The monoisotopic (exact) mass is 248 g/mol. The lowest BCUT2D eigenvalue weighted by Gasteiger charge is -2.07. The van der Waals surface area contributed by atoms with Gasteiger partial charge in [-0.25, -0.2) is 0 Å². The third kappa shape index (κ3) is 2.77. The second kappa shape index (κ2) is 4.85. The molecule has 1 unspecified atom stereocenters. The van der Waals surface area contributed by atoms with E-state index in [9.17, 15) is 0 Å². The molecule has 1 aromatic carbocycles. The molecular weight excluding hydrogens is 239 g/mol. The van der Waals surface area contributed by atoms with Gasteiger partial charge < -0.3 is 5.11 Å². The van der Waals surface area contributed by atoms with Gasteiger partial charge in [0.15, 0.2) is 0 Å². The van der Waals surface area contributed by atoms with Crippen LogP contribution in [0.2, 0.25) is 0 Å². The van der Waals surface area contributed by atoms with Crippen LogP contribution in [-0.2, 0) is 0 Å². The fourth-order valence-electron chi connectivity index (χ4n) is 0.981. The van der Waals surface area contributed by atoms with Gasteiger partial charge in [-0.1, -0.05) is 28.1 Å². The molecule has 0 aliphatic carbocycles. The summed E-state index contributed by atoms with van der Waals surface area (Å²) in [6, 6.07) is 7.81. The summed E-state index contributed by atoms with van der Waals surface area (Å²) >= 11 is 9.36. The zero-order valence-electron chi connectivity index (χ0n) is 6.50. The van der Waals surface area contributed by atoms with Crippen LogP contribution in [0.3, 0.4) is 0 Å². The average molecular weight is 250 g/mol. The largest absolute Gasteiger partial charge is 0.396 e. The quantitative estimate of drug-likeness (QED) is 0.816. The van der Waals surface area contributed by atoms with Gasteiger partial charge in [0.25, 0.3) is 0 Å². The van der Waals surface area contributed by atoms with E-state index in [0.717, 1.165) is 10.0 Å². The molecule has 0 saturated heterocycles. The van der Waals surface area contributed by atoms with E-state index in [1.807, 2.05) is 24.3 Å². The minimum Gasteiger partial charge on any atom is -0.396 e. The van der Waals surface area contributed by atoms with Crippen molar-refractivity contribution in [3.63, 3.8) is 0 Å². The number of hydrogen-bond acceptors (Lipinski definition) is 1. The molecule has 0 aliphatic heterocycles. The molecule has 0 fully saturated rings. The molecule has 0 amide bonds. The molecule has 12 heavy (non-hydrogen) atoms. The zero-order valence-corrected chi connectivity index (χ0v) is 8.85.